The maximum Gasteiger partial charge on any atom is 0.101 e. The third-order valence-corrected chi connectivity index (χ3v) is 2.46. The van der Waals surface area contributed by atoms with Crippen molar-refractivity contribution in [2.45, 2.75) is 32.7 Å². The fraction of sp³-hybridized carbons (Fsp3) is 0.417. The number of anilines is 1. The molecule has 0 aliphatic carbocycles. The van der Waals surface area contributed by atoms with Crippen LogP contribution in [0.5, 0.6) is 0 Å². The highest BCUT2D eigenvalue weighted by atomic mass is 35.5. The van der Waals surface area contributed by atoms with E-state index in [0.717, 1.165) is 18.5 Å². The lowest BCUT2D eigenvalue weighted by Gasteiger charge is -2.15. The lowest BCUT2D eigenvalue weighted by molar-refractivity contribution is 0.690. The van der Waals surface area contributed by atoms with Gasteiger partial charge in [-0.15, -0.1) is 0 Å². The van der Waals surface area contributed by atoms with Crippen LogP contribution < -0.4 is 5.32 Å². The zero-order valence-electron chi connectivity index (χ0n) is 9.05. The number of rotatable bonds is 4. The van der Waals surface area contributed by atoms with Gasteiger partial charge in [0.2, 0.25) is 0 Å². The van der Waals surface area contributed by atoms with Crippen molar-refractivity contribution in [2.24, 2.45) is 0 Å². The van der Waals surface area contributed by atoms with Crippen molar-refractivity contribution in [3.05, 3.63) is 28.8 Å². The molecule has 1 aromatic carbocycles. The monoisotopic (exact) mass is 222 g/mol. The number of nitrogens with one attached hydrogen (secondary N) is 1. The fourth-order valence-electron chi connectivity index (χ4n) is 1.51. The molecule has 80 valence electrons. The first-order chi connectivity index (χ1) is 7.17. The summed E-state index contributed by atoms with van der Waals surface area (Å²) < 4.78 is 0. The number of hydrogen-bond acceptors (Lipinski definition) is 2. The molecule has 0 radical (unpaired) electrons. The molecule has 1 unspecified atom stereocenters. The average molecular weight is 223 g/mol. The molecule has 1 aromatic rings. The van der Waals surface area contributed by atoms with Crippen molar-refractivity contribution in [3.8, 4) is 6.07 Å². The minimum atomic E-state index is 0.378. The van der Waals surface area contributed by atoms with Crippen LogP contribution in [-0.4, -0.2) is 6.04 Å². The highest BCUT2D eigenvalue weighted by Gasteiger charge is 2.05. The summed E-state index contributed by atoms with van der Waals surface area (Å²) in [6.45, 7) is 4.25. The van der Waals surface area contributed by atoms with E-state index in [4.69, 9.17) is 16.9 Å². The van der Waals surface area contributed by atoms with Crippen LogP contribution >= 0.6 is 11.6 Å². The minimum Gasteiger partial charge on any atom is -0.382 e. The molecular weight excluding hydrogens is 208 g/mol. The Morgan fingerprint density at radius 2 is 2.27 bits per heavy atom. The third kappa shape index (κ3) is 3.45. The number of benzene rings is 1. The van der Waals surface area contributed by atoms with Crippen LogP contribution in [0.25, 0.3) is 0 Å². The SMILES string of the molecule is CCCC(C)Nc1ccc(Cl)cc1C#N. The predicted molar refractivity (Wildman–Crippen MR) is 64.2 cm³/mol. The van der Waals surface area contributed by atoms with Crippen molar-refractivity contribution in [1.82, 2.24) is 0 Å². The van der Waals surface area contributed by atoms with E-state index in [1.807, 2.05) is 6.07 Å². The van der Waals surface area contributed by atoms with Crippen LogP contribution in [0.2, 0.25) is 5.02 Å². The van der Waals surface area contributed by atoms with E-state index >= 15 is 0 Å². The second-order valence-corrected chi connectivity index (χ2v) is 4.07. The standard InChI is InChI=1S/C12H15ClN2/c1-3-4-9(2)15-12-6-5-11(13)7-10(12)8-14/h5-7,9,15H,3-4H2,1-2H3. The maximum absolute atomic E-state index is 8.94. The summed E-state index contributed by atoms with van der Waals surface area (Å²) in [4.78, 5) is 0. The van der Waals surface area contributed by atoms with Crippen LogP contribution in [0.1, 0.15) is 32.3 Å². The first kappa shape index (κ1) is 11.9. The molecule has 15 heavy (non-hydrogen) atoms. The lowest BCUT2D eigenvalue weighted by atomic mass is 10.1. The molecule has 0 fully saturated rings. The van der Waals surface area contributed by atoms with Gasteiger partial charge >= 0.3 is 0 Å². The molecule has 0 bridgehead atoms. The Morgan fingerprint density at radius 1 is 1.53 bits per heavy atom. The van der Waals surface area contributed by atoms with Crippen LogP contribution in [0.4, 0.5) is 5.69 Å². The Hall–Kier alpha value is -1.20. The van der Waals surface area contributed by atoms with Crippen molar-refractivity contribution in [1.29, 1.82) is 5.26 Å². The summed E-state index contributed by atoms with van der Waals surface area (Å²) in [7, 11) is 0. The quantitative estimate of drug-likeness (QED) is 0.841. The molecule has 0 spiro atoms. The Kier molecular flexibility index (Phi) is 4.45. The van der Waals surface area contributed by atoms with Crippen LogP contribution in [0.15, 0.2) is 18.2 Å². The van der Waals surface area contributed by atoms with Crippen molar-refractivity contribution in [3.63, 3.8) is 0 Å². The molecule has 2 nitrogen and oxygen atoms in total. The van der Waals surface area contributed by atoms with E-state index in [1.54, 1.807) is 12.1 Å². The van der Waals surface area contributed by atoms with Gasteiger partial charge in [-0.1, -0.05) is 24.9 Å². The summed E-state index contributed by atoms with van der Waals surface area (Å²) in [6.07, 6.45) is 2.22. The van der Waals surface area contributed by atoms with E-state index in [1.165, 1.54) is 0 Å². The number of nitrogens with zero attached hydrogens (tertiary/aromatic N) is 1. The summed E-state index contributed by atoms with van der Waals surface area (Å²) in [6, 6.07) is 7.85. The molecule has 0 amide bonds. The lowest BCUT2D eigenvalue weighted by Crippen LogP contribution is -2.15. The zero-order valence-corrected chi connectivity index (χ0v) is 9.80. The van der Waals surface area contributed by atoms with Gasteiger partial charge in [0.15, 0.2) is 0 Å². The van der Waals surface area contributed by atoms with Crippen molar-refractivity contribution in [2.75, 3.05) is 5.32 Å². The van der Waals surface area contributed by atoms with Gasteiger partial charge in [-0.2, -0.15) is 5.26 Å². The van der Waals surface area contributed by atoms with E-state index in [0.29, 0.717) is 16.6 Å². The molecule has 0 aromatic heterocycles. The zero-order chi connectivity index (χ0) is 11.3. The Morgan fingerprint density at radius 3 is 2.87 bits per heavy atom. The summed E-state index contributed by atoms with van der Waals surface area (Å²) in [5, 5.41) is 12.8. The number of hydrogen-bond donors (Lipinski definition) is 1. The molecule has 0 aliphatic rings. The van der Waals surface area contributed by atoms with Crippen LogP contribution in [0.3, 0.4) is 0 Å². The highest BCUT2D eigenvalue weighted by Crippen LogP contribution is 2.21. The molecule has 0 saturated carbocycles. The molecule has 1 N–H and O–H groups in total. The van der Waals surface area contributed by atoms with Gasteiger partial charge in [-0.05, 0) is 31.5 Å². The predicted octanol–water partition coefficient (Wildman–Crippen LogP) is 3.81. The van der Waals surface area contributed by atoms with Crippen LogP contribution in [-0.2, 0) is 0 Å². The molecule has 0 heterocycles. The van der Waals surface area contributed by atoms with E-state index in [-0.39, 0.29) is 0 Å². The van der Waals surface area contributed by atoms with Gasteiger partial charge in [0.05, 0.1) is 11.3 Å². The number of halogens is 1. The first-order valence-corrected chi connectivity index (χ1v) is 5.51. The van der Waals surface area contributed by atoms with E-state index in [2.05, 4.69) is 25.2 Å². The molecule has 3 heteroatoms. The fourth-order valence-corrected chi connectivity index (χ4v) is 1.68. The van der Waals surface area contributed by atoms with Gasteiger partial charge in [-0.3, -0.25) is 0 Å². The second-order valence-electron chi connectivity index (χ2n) is 3.64. The van der Waals surface area contributed by atoms with Crippen molar-refractivity contribution >= 4 is 17.3 Å². The second kappa shape index (κ2) is 5.63. The molecule has 0 saturated heterocycles. The van der Waals surface area contributed by atoms with Gasteiger partial charge in [-0.25, -0.2) is 0 Å². The molecular formula is C12H15ClN2. The van der Waals surface area contributed by atoms with Gasteiger partial charge in [0.1, 0.15) is 6.07 Å². The largest absolute Gasteiger partial charge is 0.382 e. The Labute approximate surface area is 95.9 Å². The number of nitriles is 1. The molecule has 0 aliphatic heterocycles. The first-order valence-electron chi connectivity index (χ1n) is 5.13. The summed E-state index contributed by atoms with van der Waals surface area (Å²) in [5.74, 6) is 0. The maximum atomic E-state index is 8.94. The van der Waals surface area contributed by atoms with Gasteiger partial charge in [0, 0.05) is 11.1 Å². The third-order valence-electron chi connectivity index (χ3n) is 2.23. The van der Waals surface area contributed by atoms with Crippen molar-refractivity contribution < 1.29 is 0 Å². The smallest absolute Gasteiger partial charge is 0.101 e. The Balaban J connectivity index is 2.81. The van der Waals surface area contributed by atoms with Gasteiger partial charge < -0.3 is 5.32 Å². The molecule has 1 atom stereocenters. The summed E-state index contributed by atoms with van der Waals surface area (Å²) in [5.41, 5.74) is 1.47. The van der Waals surface area contributed by atoms with Crippen LogP contribution in [0, 0.1) is 11.3 Å². The van der Waals surface area contributed by atoms with E-state index in [9.17, 15) is 0 Å². The highest BCUT2D eigenvalue weighted by molar-refractivity contribution is 6.30. The minimum absolute atomic E-state index is 0.378. The normalized spacial score (nSPS) is 11.9. The molecule has 1 rings (SSSR count). The topological polar surface area (TPSA) is 35.8 Å². The Bertz CT molecular complexity index is 368. The van der Waals surface area contributed by atoms with Gasteiger partial charge in [0.25, 0.3) is 0 Å². The van der Waals surface area contributed by atoms with E-state index < -0.39 is 0 Å². The average Bonchev–Trinajstić information content (AvgIpc) is 2.21. The summed E-state index contributed by atoms with van der Waals surface area (Å²) >= 11 is 5.81.